The van der Waals surface area contributed by atoms with Crippen LogP contribution in [-0.2, 0) is 0 Å². The summed E-state index contributed by atoms with van der Waals surface area (Å²) < 4.78 is 2.70. The molecule has 0 aliphatic heterocycles. The molecule has 0 radical (unpaired) electrons. The van der Waals surface area contributed by atoms with E-state index in [-0.39, 0.29) is 0 Å². The van der Waals surface area contributed by atoms with Gasteiger partial charge in [0.15, 0.2) is 5.65 Å². The largest absolute Gasteiger partial charge is 0.370 e. The van der Waals surface area contributed by atoms with Crippen molar-refractivity contribution in [2.75, 3.05) is 18.4 Å². The average molecular weight is 477 g/mol. The lowest BCUT2D eigenvalue weighted by Crippen LogP contribution is -2.31. The van der Waals surface area contributed by atoms with Crippen LogP contribution in [-0.4, -0.2) is 33.7 Å². The fourth-order valence-corrected chi connectivity index (χ4v) is 4.53. The molecule has 29 heavy (non-hydrogen) atoms. The Balaban J connectivity index is 1.39. The molecule has 0 bridgehead atoms. The summed E-state index contributed by atoms with van der Waals surface area (Å²) in [5, 5.41) is 12.4. The molecular weight excluding hydrogens is 450 g/mol. The van der Waals surface area contributed by atoms with Crippen LogP contribution in [0.5, 0.6) is 0 Å². The lowest BCUT2D eigenvalue weighted by molar-refractivity contribution is 0.371. The molecule has 0 amide bonds. The van der Waals surface area contributed by atoms with Gasteiger partial charge in [0.05, 0.1) is 16.4 Å². The molecule has 0 atom stereocenters. The highest BCUT2D eigenvalue weighted by Crippen LogP contribution is 2.30. The molecule has 2 aromatic heterocycles. The lowest BCUT2D eigenvalue weighted by atomic mass is 9.95. The van der Waals surface area contributed by atoms with Crippen molar-refractivity contribution in [3.63, 3.8) is 0 Å². The maximum Gasteiger partial charge on any atom is 0.172 e. The number of halogens is 2. The molecule has 7 heteroatoms. The zero-order valence-corrected chi connectivity index (χ0v) is 18.8. The molecule has 3 aromatic rings. The third-order valence-corrected chi connectivity index (χ3v) is 6.42. The molecule has 154 valence electrons. The Hall–Kier alpha value is -1.63. The van der Waals surface area contributed by atoms with E-state index in [4.69, 9.17) is 16.6 Å². The van der Waals surface area contributed by atoms with Gasteiger partial charge in [-0.25, -0.2) is 4.98 Å². The van der Waals surface area contributed by atoms with Gasteiger partial charge in [0, 0.05) is 29.2 Å². The van der Waals surface area contributed by atoms with Crippen molar-refractivity contribution in [3.05, 3.63) is 46.0 Å². The van der Waals surface area contributed by atoms with E-state index < -0.39 is 0 Å². The third kappa shape index (κ3) is 5.11. The van der Waals surface area contributed by atoms with E-state index in [9.17, 15) is 0 Å². The number of hydrogen-bond donors (Lipinski definition) is 2. The van der Waals surface area contributed by atoms with Gasteiger partial charge >= 0.3 is 0 Å². The summed E-state index contributed by atoms with van der Waals surface area (Å²) in [5.41, 5.74) is 2.54. The molecule has 1 fully saturated rings. The zero-order valence-electron chi connectivity index (χ0n) is 16.5. The maximum atomic E-state index is 6.40. The van der Waals surface area contributed by atoms with Gasteiger partial charge in [-0.05, 0) is 54.2 Å². The Morgan fingerprint density at radius 2 is 1.90 bits per heavy atom. The Morgan fingerprint density at radius 1 is 1.10 bits per heavy atom. The second-order valence-corrected chi connectivity index (χ2v) is 8.92. The highest BCUT2D eigenvalue weighted by Gasteiger charge is 2.14. The van der Waals surface area contributed by atoms with Crippen molar-refractivity contribution in [1.82, 2.24) is 19.9 Å². The summed E-state index contributed by atoms with van der Waals surface area (Å²) in [6.45, 7) is 1.99. The standard InChI is InChI=1S/C22H27BrClN5/c23-18-15-27-29-21(26-13-7-6-12-25-16-8-2-1-3-9-16)14-20(28-22(18)29)17-10-4-5-11-19(17)24/h4-5,10-11,14-16,25-26H,1-3,6-9,12-13H2. The second-order valence-electron chi connectivity index (χ2n) is 7.66. The molecule has 2 heterocycles. The van der Waals surface area contributed by atoms with Crippen molar-refractivity contribution >= 4 is 39.0 Å². The van der Waals surface area contributed by atoms with E-state index in [1.165, 1.54) is 32.1 Å². The normalized spacial score (nSPS) is 15.1. The number of nitrogens with one attached hydrogen (secondary N) is 2. The highest BCUT2D eigenvalue weighted by molar-refractivity contribution is 9.10. The van der Waals surface area contributed by atoms with E-state index in [2.05, 4.69) is 31.7 Å². The minimum absolute atomic E-state index is 0.694. The summed E-state index contributed by atoms with van der Waals surface area (Å²) in [7, 11) is 0. The first-order valence-corrected chi connectivity index (χ1v) is 11.7. The monoisotopic (exact) mass is 475 g/mol. The third-order valence-electron chi connectivity index (χ3n) is 5.53. The fourth-order valence-electron chi connectivity index (χ4n) is 3.95. The Morgan fingerprint density at radius 3 is 2.72 bits per heavy atom. The SMILES string of the molecule is Clc1ccccc1-c1cc(NCCCCNC2CCCCC2)n2ncc(Br)c2n1. The number of nitrogens with zero attached hydrogens (tertiary/aromatic N) is 3. The molecule has 0 saturated heterocycles. The van der Waals surface area contributed by atoms with Gasteiger partial charge in [-0.3, -0.25) is 0 Å². The molecule has 0 spiro atoms. The van der Waals surface area contributed by atoms with E-state index in [0.717, 1.165) is 59.2 Å². The van der Waals surface area contributed by atoms with Crippen molar-refractivity contribution in [2.45, 2.75) is 51.0 Å². The summed E-state index contributed by atoms with van der Waals surface area (Å²) in [6, 6.07) is 10.5. The van der Waals surface area contributed by atoms with Crippen molar-refractivity contribution in [3.8, 4) is 11.3 Å². The van der Waals surface area contributed by atoms with Crippen molar-refractivity contribution in [1.29, 1.82) is 0 Å². The molecule has 4 rings (SSSR count). The van der Waals surface area contributed by atoms with Crippen LogP contribution in [0.1, 0.15) is 44.9 Å². The van der Waals surface area contributed by atoms with Gasteiger partial charge in [0.25, 0.3) is 0 Å². The summed E-state index contributed by atoms with van der Waals surface area (Å²) >= 11 is 9.95. The van der Waals surface area contributed by atoms with Crippen LogP contribution in [0, 0.1) is 0 Å². The topological polar surface area (TPSA) is 54.2 Å². The lowest BCUT2D eigenvalue weighted by Gasteiger charge is -2.22. The first-order valence-electron chi connectivity index (χ1n) is 10.5. The molecule has 0 unspecified atom stereocenters. The van der Waals surface area contributed by atoms with E-state index >= 15 is 0 Å². The molecule has 1 aliphatic carbocycles. The number of aromatic nitrogens is 3. The van der Waals surface area contributed by atoms with Crippen LogP contribution in [0.4, 0.5) is 5.82 Å². The highest BCUT2D eigenvalue weighted by atomic mass is 79.9. The van der Waals surface area contributed by atoms with Crippen LogP contribution in [0.15, 0.2) is 41.0 Å². The van der Waals surface area contributed by atoms with Gasteiger partial charge in [-0.1, -0.05) is 49.1 Å². The van der Waals surface area contributed by atoms with Crippen LogP contribution >= 0.6 is 27.5 Å². The van der Waals surface area contributed by atoms with Gasteiger partial charge < -0.3 is 10.6 Å². The predicted molar refractivity (Wildman–Crippen MR) is 124 cm³/mol. The van der Waals surface area contributed by atoms with E-state index in [0.29, 0.717) is 5.02 Å². The van der Waals surface area contributed by atoms with Crippen molar-refractivity contribution < 1.29 is 0 Å². The average Bonchev–Trinajstić information content (AvgIpc) is 3.12. The first kappa shape index (κ1) is 20.6. The van der Waals surface area contributed by atoms with Crippen LogP contribution < -0.4 is 10.6 Å². The Labute approximate surface area is 185 Å². The first-order chi connectivity index (χ1) is 14.2. The van der Waals surface area contributed by atoms with E-state index in [1.54, 1.807) is 6.20 Å². The van der Waals surface area contributed by atoms with E-state index in [1.807, 2.05) is 34.8 Å². The smallest absolute Gasteiger partial charge is 0.172 e. The number of unbranched alkanes of at least 4 members (excludes halogenated alkanes) is 1. The minimum Gasteiger partial charge on any atom is -0.370 e. The molecular formula is C22H27BrClN5. The van der Waals surface area contributed by atoms with Gasteiger partial charge in [-0.15, -0.1) is 0 Å². The number of fused-ring (bicyclic) bond motifs is 1. The summed E-state index contributed by atoms with van der Waals surface area (Å²) in [4.78, 5) is 4.76. The maximum absolute atomic E-state index is 6.40. The second kappa shape index (κ2) is 9.92. The van der Waals surface area contributed by atoms with Gasteiger partial charge in [0.2, 0.25) is 0 Å². The number of rotatable bonds is 8. The summed E-state index contributed by atoms with van der Waals surface area (Å²) in [6.07, 6.45) is 10.9. The molecule has 1 aliphatic rings. The number of anilines is 1. The molecule has 2 N–H and O–H groups in total. The molecule has 1 saturated carbocycles. The van der Waals surface area contributed by atoms with Crippen LogP contribution in [0.3, 0.4) is 0 Å². The zero-order chi connectivity index (χ0) is 20.1. The Kier molecular flexibility index (Phi) is 7.06. The van der Waals surface area contributed by atoms with Crippen molar-refractivity contribution in [2.24, 2.45) is 0 Å². The summed E-state index contributed by atoms with van der Waals surface area (Å²) in [5.74, 6) is 0.927. The minimum atomic E-state index is 0.694. The number of hydrogen-bond acceptors (Lipinski definition) is 4. The molecule has 5 nitrogen and oxygen atoms in total. The van der Waals surface area contributed by atoms with Gasteiger partial charge in [0.1, 0.15) is 5.82 Å². The molecule has 1 aromatic carbocycles. The van der Waals surface area contributed by atoms with Gasteiger partial charge in [-0.2, -0.15) is 9.61 Å². The Bertz CT molecular complexity index is 952. The quantitative estimate of drug-likeness (QED) is 0.396. The predicted octanol–water partition coefficient (Wildman–Crippen LogP) is 5.93. The fraction of sp³-hybridized carbons (Fsp3) is 0.455. The van der Waals surface area contributed by atoms with Crippen LogP contribution in [0.2, 0.25) is 5.02 Å². The number of benzene rings is 1. The van der Waals surface area contributed by atoms with Crippen LogP contribution in [0.25, 0.3) is 16.9 Å².